The highest BCUT2D eigenvalue weighted by Gasteiger charge is 2.15. The molecule has 0 radical (unpaired) electrons. The van der Waals surface area contributed by atoms with Crippen LogP contribution in [0.25, 0.3) is 22.3 Å². The topological polar surface area (TPSA) is 95.0 Å². The third-order valence-electron chi connectivity index (χ3n) is 4.41. The highest BCUT2D eigenvalue weighted by atomic mass is 19.1. The van der Waals surface area contributed by atoms with Crippen molar-refractivity contribution >= 4 is 34.2 Å². The predicted octanol–water partition coefficient (Wildman–Crippen LogP) is 2.27. The van der Waals surface area contributed by atoms with Crippen LogP contribution >= 0.6 is 0 Å². The molecule has 0 unspecified atom stereocenters. The van der Waals surface area contributed by atoms with Crippen molar-refractivity contribution in [1.82, 2.24) is 19.1 Å². The number of anilines is 1. The van der Waals surface area contributed by atoms with Gasteiger partial charge in [0, 0.05) is 19.2 Å². The van der Waals surface area contributed by atoms with Crippen LogP contribution in [0, 0.1) is 19.7 Å². The number of carbonyl (C=O) groups is 1. The molecule has 0 aliphatic carbocycles. The Kier molecular flexibility index (Phi) is 3.79. The molecule has 0 fully saturated rings. The van der Waals surface area contributed by atoms with Crippen molar-refractivity contribution in [2.24, 2.45) is 7.05 Å². The van der Waals surface area contributed by atoms with Crippen molar-refractivity contribution in [2.75, 3.05) is 5.32 Å². The summed E-state index contributed by atoms with van der Waals surface area (Å²) in [6, 6.07) is 4.28. The van der Waals surface area contributed by atoms with Gasteiger partial charge in [0.15, 0.2) is 11.2 Å². The zero-order valence-corrected chi connectivity index (χ0v) is 14.9. The zero-order chi connectivity index (χ0) is 19.3. The van der Waals surface area contributed by atoms with Crippen LogP contribution in [-0.4, -0.2) is 25.0 Å². The second-order valence-electron chi connectivity index (χ2n) is 6.41. The maximum absolute atomic E-state index is 13.6. The zero-order valence-electron chi connectivity index (χ0n) is 14.9. The lowest BCUT2D eigenvalue weighted by atomic mass is 10.2. The molecule has 0 spiro atoms. The number of halogens is 1. The molecule has 27 heavy (non-hydrogen) atoms. The fourth-order valence-corrected chi connectivity index (χ4v) is 3.01. The van der Waals surface area contributed by atoms with Gasteiger partial charge < -0.3 is 8.98 Å². The summed E-state index contributed by atoms with van der Waals surface area (Å²) in [5, 5.41) is 2.56. The number of hydrogen-bond acceptors (Lipinski definition) is 5. The Labute approximate surface area is 152 Å². The first kappa shape index (κ1) is 17.0. The highest BCUT2D eigenvalue weighted by Crippen LogP contribution is 2.22. The predicted molar refractivity (Wildman–Crippen MR) is 97.0 cm³/mol. The second-order valence-corrected chi connectivity index (χ2v) is 6.41. The van der Waals surface area contributed by atoms with E-state index in [1.807, 2.05) is 0 Å². The molecule has 0 aliphatic heterocycles. The lowest BCUT2D eigenvalue weighted by Crippen LogP contribution is -2.20. The van der Waals surface area contributed by atoms with Crippen LogP contribution in [0.2, 0.25) is 0 Å². The number of carbonyl (C=O) groups excluding carboxylic acids is 1. The van der Waals surface area contributed by atoms with E-state index in [0.29, 0.717) is 27.8 Å². The van der Waals surface area contributed by atoms with Crippen LogP contribution < -0.4 is 10.9 Å². The largest absolute Gasteiger partial charge is 0.423 e. The van der Waals surface area contributed by atoms with Crippen LogP contribution in [0.15, 0.2) is 33.7 Å². The van der Waals surface area contributed by atoms with Gasteiger partial charge >= 0.3 is 6.01 Å². The third kappa shape index (κ3) is 2.86. The van der Waals surface area contributed by atoms with Crippen molar-refractivity contribution in [2.45, 2.75) is 20.4 Å². The Morgan fingerprint density at radius 3 is 2.81 bits per heavy atom. The molecule has 9 heteroatoms. The fraction of sp³-hybridized carbons (Fsp3) is 0.222. The molecule has 8 nitrogen and oxygen atoms in total. The summed E-state index contributed by atoms with van der Waals surface area (Å²) in [5.74, 6) is -0.772. The van der Waals surface area contributed by atoms with Crippen LogP contribution in [0.4, 0.5) is 10.4 Å². The molecular weight excluding hydrogens is 353 g/mol. The summed E-state index contributed by atoms with van der Waals surface area (Å²) in [6.45, 7) is 3.37. The molecule has 0 aliphatic rings. The first-order chi connectivity index (χ1) is 12.8. The summed E-state index contributed by atoms with van der Waals surface area (Å²) in [5.41, 5.74) is 2.91. The quantitative estimate of drug-likeness (QED) is 0.598. The van der Waals surface area contributed by atoms with Gasteiger partial charge in [-0.15, -0.1) is 0 Å². The number of rotatable bonds is 3. The molecular formula is C18H16FN5O3. The number of amides is 1. The minimum absolute atomic E-state index is 0.00598. The molecule has 4 aromatic rings. The van der Waals surface area contributed by atoms with Gasteiger partial charge in [-0.3, -0.25) is 19.5 Å². The first-order valence-electron chi connectivity index (χ1n) is 8.21. The number of nitrogens with zero attached hydrogens (tertiary/aromatic N) is 4. The highest BCUT2D eigenvalue weighted by molar-refractivity contribution is 5.91. The number of aryl methyl sites for hydroxylation is 3. The molecule has 0 atom stereocenters. The lowest BCUT2D eigenvalue weighted by molar-refractivity contribution is -0.116. The number of fused-ring (bicyclic) bond motifs is 2. The Bertz CT molecular complexity index is 1230. The molecule has 0 saturated heterocycles. The smallest absolute Gasteiger partial charge is 0.302 e. The molecule has 3 heterocycles. The van der Waals surface area contributed by atoms with E-state index >= 15 is 0 Å². The van der Waals surface area contributed by atoms with Crippen LogP contribution in [0.3, 0.4) is 0 Å². The average molecular weight is 369 g/mol. The number of oxazole rings is 1. The number of imidazole rings is 1. The Balaban J connectivity index is 1.61. The molecule has 0 bridgehead atoms. The van der Waals surface area contributed by atoms with Gasteiger partial charge in [0.25, 0.3) is 5.56 Å². The van der Waals surface area contributed by atoms with E-state index in [1.54, 1.807) is 25.5 Å². The van der Waals surface area contributed by atoms with Gasteiger partial charge in [-0.2, -0.15) is 4.98 Å². The van der Waals surface area contributed by atoms with Gasteiger partial charge in [0.1, 0.15) is 17.9 Å². The van der Waals surface area contributed by atoms with Crippen molar-refractivity contribution in [1.29, 1.82) is 0 Å². The van der Waals surface area contributed by atoms with E-state index in [9.17, 15) is 14.0 Å². The van der Waals surface area contributed by atoms with Gasteiger partial charge in [0.2, 0.25) is 5.91 Å². The number of pyridine rings is 1. The van der Waals surface area contributed by atoms with Gasteiger partial charge in [0.05, 0.1) is 11.8 Å². The van der Waals surface area contributed by atoms with Crippen molar-refractivity contribution in [3.8, 4) is 0 Å². The molecule has 4 rings (SSSR count). The Morgan fingerprint density at radius 1 is 1.26 bits per heavy atom. The summed E-state index contributed by atoms with van der Waals surface area (Å²) >= 11 is 0. The molecule has 0 saturated carbocycles. The van der Waals surface area contributed by atoms with Gasteiger partial charge in [-0.1, -0.05) is 0 Å². The van der Waals surface area contributed by atoms with E-state index in [-0.39, 0.29) is 29.8 Å². The number of nitrogens with one attached hydrogen (secondary N) is 1. The maximum Gasteiger partial charge on any atom is 0.302 e. The molecule has 138 valence electrons. The lowest BCUT2D eigenvalue weighted by Gasteiger charge is -2.07. The number of hydrogen-bond donors (Lipinski definition) is 1. The molecule has 1 aromatic carbocycles. The Hall–Kier alpha value is -3.49. The Morgan fingerprint density at radius 2 is 2.04 bits per heavy atom. The van der Waals surface area contributed by atoms with Crippen LogP contribution in [-0.2, 0) is 18.4 Å². The summed E-state index contributed by atoms with van der Waals surface area (Å²) in [4.78, 5) is 32.5. The average Bonchev–Trinajstić information content (AvgIpc) is 3.17. The third-order valence-corrected chi connectivity index (χ3v) is 4.41. The minimum atomic E-state index is -0.389. The van der Waals surface area contributed by atoms with Crippen molar-refractivity contribution < 1.29 is 13.6 Å². The number of benzene rings is 1. The summed E-state index contributed by atoms with van der Waals surface area (Å²) in [7, 11) is 1.63. The van der Waals surface area contributed by atoms with E-state index < -0.39 is 0 Å². The van der Waals surface area contributed by atoms with Crippen LogP contribution in [0.5, 0.6) is 0 Å². The van der Waals surface area contributed by atoms with Crippen molar-refractivity contribution in [3.63, 3.8) is 0 Å². The monoisotopic (exact) mass is 369 g/mol. The van der Waals surface area contributed by atoms with Gasteiger partial charge in [-0.25, -0.2) is 9.37 Å². The first-order valence-corrected chi connectivity index (χ1v) is 8.21. The normalized spacial score (nSPS) is 11.4. The summed E-state index contributed by atoms with van der Waals surface area (Å²) < 4.78 is 22.1. The standard InChI is InChI=1S/C18H16FN5O3/c1-9-4-13-12(6-11(9)19)21-18(27-13)22-14(25)7-24-8-20-17-16(24)10(2)5-15(26)23(17)3/h4-6,8H,7H2,1-3H3,(H,21,22,25). The van der Waals surface area contributed by atoms with E-state index in [0.717, 1.165) is 5.56 Å². The SMILES string of the molecule is Cc1cc2oc(NC(=O)Cn3cnc4c3c(C)cc(=O)n4C)nc2cc1F. The fourth-order valence-electron chi connectivity index (χ4n) is 3.01. The molecule has 1 amide bonds. The molecule has 1 N–H and O–H groups in total. The van der Waals surface area contributed by atoms with Crippen molar-refractivity contribution in [3.05, 3.63) is 51.8 Å². The maximum atomic E-state index is 13.6. The molecule has 3 aromatic heterocycles. The van der Waals surface area contributed by atoms with E-state index in [1.165, 1.54) is 29.1 Å². The number of aromatic nitrogens is 4. The van der Waals surface area contributed by atoms with Crippen LogP contribution in [0.1, 0.15) is 11.1 Å². The minimum Gasteiger partial charge on any atom is -0.423 e. The summed E-state index contributed by atoms with van der Waals surface area (Å²) in [6.07, 6.45) is 1.50. The van der Waals surface area contributed by atoms with Gasteiger partial charge in [-0.05, 0) is 31.0 Å². The van der Waals surface area contributed by atoms with E-state index in [4.69, 9.17) is 4.42 Å². The second kappa shape index (κ2) is 6.04. The van der Waals surface area contributed by atoms with E-state index in [2.05, 4.69) is 15.3 Å².